The van der Waals surface area contributed by atoms with Crippen LogP contribution in [0.2, 0.25) is 0 Å². The van der Waals surface area contributed by atoms with Crippen LogP contribution >= 0.6 is 0 Å². The molecule has 0 rings (SSSR count). The van der Waals surface area contributed by atoms with Crippen LogP contribution in [-0.4, -0.2) is 37.2 Å². The molecule has 66 heavy (non-hydrogen) atoms. The first-order chi connectivity index (χ1) is 32.5. The molecule has 1 unspecified atom stereocenters. The van der Waals surface area contributed by atoms with Crippen LogP contribution in [0, 0.1) is 0 Å². The highest BCUT2D eigenvalue weighted by molar-refractivity contribution is 5.71. The van der Waals surface area contributed by atoms with Gasteiger partial charge in [-0.3, -0.25) is 14.4 Å². The van der Waals surface area contributed by atoms with Crippen molar-refractivity contribution in [2.45, 2.75) is 252 Å². The topological polar surface area (TPSA) is 78.9 Å². The summed E-state index contributed by atoms with van der Waals surface area (Å²) in [6, 6.07) is 0. The van der Waals surface area contributed by atoms with Gasteiger partial charge in [0.05, 0.1) is 0 Å². The van der Waals surface area contributed by atoms with E-state index in [4.69, 9.17) is 14.2 Å². The SMILES string of the molecule is CC/C=C\C/C=C\CCCCCCCC(=O)OCC(COC(=O)CCCCCCC\C=C/C=C\C=C/CCCCCCC)OC(=O)CCCCCCC\C=C/C=C\C=C/CCCCCCC. The van der Waals surface area contributed by atoms with Crippen molar-refractivity contribution in [3.05, 3.63) is 97.2 Å². The van der Waals surface area contributed by atoms with E-state index in [-0.39, 0.29) is 31.1 Å². The Hall–Kier alpha value is -3.67. The zero-order valence-corrected chi connectivity index (χ0v) is 42.9. The maximum Gasteiger partial charge on any atom is 0.306 e. The van der Waals surface area contributed by atoms with Gasteiger partial charge in [0.1, 0.15) is 13.2 Å². The maximum atomic E-state index is 12.8. The molecule has 0 amide bonds. The Balaban J connectivity index is 4.48. The second-order valence-electron chi connectivity index (χ2n) is 17.9. The normalized spacial score (nSPS) is 12.8. The Labute approximate surface area is 407 Å². The van der Waals surface area contributed by atoms with E-state index >= 15 is 0 Å². The summed E-state index contributed by atoms with van der Waals surface area (Å²) >= 11 is 0. The van der Waals surface area contributed by atoms with E-state index in [2.05, 4.69) is 118 Å². The zero-order chi connectivity index (χ0) is 47.9. The first-order valence-corrected chi connectivity index (χ1v) is 27.3. The van der Waals surface area contributed by atoms with Crippen LogP contribution in [0.3, 0.4) is 0 Å². The first-order valence-electron chi connectivity index (χ1n) is 27.3. The van der Waals surface area contributed by atoms with Crippen molar-refractivity contribution >= 4 is 17.9 Å². The van der Waals surface area contributed by atoms with E-state index < -0.39 is 6.10 Å². The predicted molar refractivity (Wildman–Crippen MR) is 284 cm³/mol. The third-order valence-electron chi connectivity index (χ3n) is 11.4. The van der Waals surface area contributed by atoms with Crippen LogP contribution < -0.4 is 0 Å². The van der Waals surface area contributed by atoms with Crippen LogP contribution in [0.15, 0.2) is 97.2 Å². The van der Waals surface area contributed by atoms with Crippen LogP contribution in [0.5, 0.6) is 0 Å². The molecule has 0 N–H and O–H groups in total. The smallest absolute Gasteiger partial charge is 0.306 e. The quantitative estimate of drug-likeness (QED) is 0.0199. The molecular formula is C60H100O6. The minimum Gasteiger partial charge on any atom is -0.462 e. The standard InChI is InChI=1S/C60H100O6/c1-4-7-10-13-16-19-22-25-27-29-31-33-35-38-41-44-47-50-53-59(62)65-56-57(55-64-58(61)52-49-46-43-40-37-24-21-18-15-12-9-6-3)66-60(63)54-51-48-45-42-39-36-34-32-30-28-26-23-20-17-14-11-8-5-2/h9,12,18,21-23,25-34,57H,4-8,10-11,13-17,19-20,24,35-56H2,1-3H3/b12-9-,21-18-,25-22-,26-23-,29-27-,30-28-,33-31-,34-32-. The van der Waals surface area contributed by atoms with E-state index in [1.807, 2.05) is 0 Å². The lowest BCUT2D eigenvalue weighted by atomic mass is 10.1. The lowest BCUT2D eigenvalue weighted by molar-refractivity contribution is -0.167. The molecule has 0 aromatic rings. The van der Waals surface area contributed by atoms with Gasteiger partial charge in [-0.05, 0) is 96.3 Å². The molecule has 0 radical (unpaired) electrons. The fraction of sp³-hybridized carbons (Fsp3) is 0.683. The summed E-state index contributed by atoms with van der Waals surface area (Å²) in [5, 5.41) is 0. The van der Waals surface area contributed by atoms with Gasteiger partial charge in [0, 0.05) is 19.3 Å². The summed E-state index contributed by atoms with van der Waals surface area (Å²) in [7, 11) is 0. The fourth-order valence-electron chi connectivity index (χ4n) is 7.31. The zero-order valence-electron chi connectivity index (χ0n) is 42.9. The Kier molecular flexibility index (Phi) is 50.9. The maximum absolute atomic E-state index is 12.8. The van der Waals surface area contributed by atoms with Gasteiger partial charge in [-0.25, -0.2) is 0 Å². The van der Waals surface area contributed by atoms with Crippen molar-refractivity contribution in [1.29, 1.82) is 0 Å². The Morgan fingerprint density at radius 1 is 0.333 bits per heavy atom. The highest BCUT2D eigenvalue weighted by atomic mass is 16.6. The number of ether oxygens (including phenoxy) is 3. The molecule has 6 heteroatoms. The van der Waals surface area contributed by atoms with E-state index in [9.17, 15) is 14.4 Å². The minimum atomic E-state index is -0.804. The number of unbranched alkanes of at least 4 members (excludes halogenated alkanes) is 25. The van der Waals surface area contributed by atoms with Gasteiger partial charge in [0.2, 0.25) is 0 Å². The van der Waals surface area contributed by atoms with Gasteiger partial charge in [0.25, 0.3) is 0 Å². The van der Waals surface area contributed by atoms with Crippen molar-refractivity contribution in [3.63, 3.8) is 0 Å². The molecule has 0 aliphatic rings. The number of carbonyl (C=O) groups is 3. The number of carbonyl (C=O) groups excluding carboxylic acids is 3. The molecule has 376 valence electrons. The Morgan fingerprint density at radius 3 is 1.03 bits per heavy atom. The first kappa shape index (κ1) is 62.3. The van der Waals surface area contributed by atoms with Gasteiger partial charge >= 0.3 is 17.9 Å². The van der Waals surface area contributed by atoms with Crippen LogP contribution in [0.1, 0.15) is 245 Å². The van der Waals surface area contributed by atoms with Gasteiger partial charge in [0.15, 0.2) is 6.10 Å². The van der Waals surface area contributed by atoms with Gasteiger partial charge < -0.3 is 14.2 Å². The molecule has 0 spiro atoms. The number of hydrogen-bond acceptors (Lipinski definition) is 6. The monoisotopic (exact) mass is 917 g/mol. The number of rotatable bonds is 48. The molecular weight excluding hydrogens is 817 g/mol. The van der Waals surface area contributed by atoms with E-state index in [1.165, 1.54) is 64.2 Å². The molecule has 0 bridgehead atoms. The lowest BCUT2D eigenvalue weighted by Crippen LogP contribution is -2.30. The minimum absolute atomic E-state index is 0.101. The Bertz CT molecular complexity index is 1330. The lowest BCUT2D eigenvalue weighted by Gasteiger charge is -2.18. The summed E-state index contributed by atoms with van der Waals surface area (Å²) in [6.07, 6.45) is 71.0. The predicted octanol–water partition coefficient (Wildman–Crippen LogP) is 18.1. The number of allylic oxidation sites excluding steroid dienone is 16. The molecule has 6 nitrogen and oxygen atoms in total. The molecule has 0 aromatic heterocycles. The van der Waals surface area contributed by atoms with Crippen LogP contribution in [0.25, 0.3) is 0 Å². The number of esters is 3. The molecule has 0 aliphatic heterocycles. The molecule has 0 aliphatic carbocycles. The summed E-state index contributed by atoms with van der Waals surface area (Å²) in [5.74, 6) is -0.956. The molecule has 0 heterocycles. The highest BCUT2D eigenvalue weighted by Gasteiger charge is 2.19. The molecule has 1 atom stereocenters. The molecule has 0 saturated carbocycles. The largest absolute Gasteiger partial charge is 0.462 e. The van der Waals surface area contributed by atoms with Crippen molar-refractivity contribution in [3.8, 4) is 0 Å². The Morgan fingerprint density at radius 2 is 0.652 bits per heavy atom. The summed E-state index contributed by atoms with van der Waals surface area (Å²) in [4.78, 5) is 38.0. The van der Waals surface area contributed by atoms with Crippen molar-refractivity contribution in [2.24, 2.45) is 0 Å². The average Bonchev–Trinajstić information content (AvgIpc) is 3.31. The van der Waals surface area contributed by atoms with Crippen LogP contribution in [0.4, 0.5) is 0 Å². The third kappa shape index (κ3) is 51.3. The number of hydrogen-bond donors (Lipinski definition) is 0. The van der Waals surface area contributed by atoms with Gasteiger partial charge in [-0.1, -0.05) is 227 Å². The molecule has 0 aromatic carbocycles. The van der Waals surface area contributed by atoms with Crippen molar-refractivity contribution < 1.29 is 28.6 Å². The van der Waals surface area contributed by atoms with Crippen molar-refractivity contribution in [1.82, 2.24) is 0 Å². The van der Waals surface area contributed by atoms with Gasteiger partial charge in [-0.15, -0.1) is 0 Å². The van der Waals surface area contributed by atoms with Gasteiger partial charge in [-0.2, -0.15) is 0 Å². The molecule has 0 fully saturated rings. The second kappa shape index (κ2) is 53.9. The molecule has 0 saturated heterocycles. The fourth-order valence-corrected chi connectivity index (χ4v) is 7.31. The highest BCUT2D eigenvalue weighted by Crippen LogP contribution is 2.13. The summed E-state index contributed by atoms with van der Waals surface area (Å²) in [5.41, 5.74) is 0. The van der Waals surface area contributed by atoms with E-state index in [0.717, 1.165) is 141 Å². The second-order valence-corrected chi connectivity index (χ2v) is 17.9. The summed E-state index contributed by atoms with van der Waals surface area (Å²) < 4.78 is 16.8. The van der Waals surface area contributed by atoms with Crippen molar-refractivity contribution in [2.75, 3.05) is 13.2 Å². The average molecular weight is 917 g/mol. The van der Waals surface area contributed by atoms with E-state index in [1.54, 1.807) is 0 Å². The summed E-state index contributed by atoms with van der Waals surface area (Å²) in [6.45, 7) is 6.45. The third-order valence-corrected chi connectivity index (χ3v) is 11.4. The van der Waals surface area contributed by atoms with E-state index in [0.29, 0.717) is 19.3 Å². The van der Waals surface area contributed by atoms with Crippen LogP contribution in [-0.2, 0) is 28.6 Å².